The first-order valence-electron chi connectivity index (χ1n) is 19.6. The predicted molar refractivity (Wildman–Crippen MR) is 218 cm³/mol. The number of ether oxygens (including phenoxy) is 2. The van der Waals surface area contributed by atoms with Crippen LogP contribution in [-0.2, 0) is 46.3 Å². The van der Waals surface area contributed by atoms with E-state index in [9.17, 15) is 48.6 Å². The molecule has 3 rings (SSSR count). The summed E-state index contributed by atoms with van der Waals surface area (Å²) in [5, 5.41) is 31.8. The Labute approximate surface area is 348 Å². The summed E-state index contributed by atoms with van der Waals surface area (Å²) in [6, 6.07) is 19.5. The number of hydrogen-bond donors (Lipinski definition) is 7. The van der Waals surface area contributed by atoms with Crippen molar-refractivity contribution in [3.8, 4) is 5.75 Å². The molecule has 4 atom stereocenters. The van der Waals surface area contributed by atoms with Crippen LogP contribution in [-0.4, -0.2) is 96.2 Å². The summed E-state index contributed by atoms with van der Waals surface area (Å²) in [5.41, 5.74) is 2.69. The Morgan fingerprint density at radius 3 is 2.12 bits per heavy atom. The van der Waals surface area contributed by atoms with Crippen LogP contribution >= 0.6 is 0 Å². The number of amides is 5. The van der Waals surface area contributed by atoms with Crippen LogP contribution < -0.4 is 31.3 Å². The van der Waals surface area contributed by atoms with E-state index in [-0.39, 0.29) is 51.7 Å². The van der Waals surface area contributed by atoms with Crippen molar-refractivity contribution >= 4 is 47.9 Å². The molecule has 5 amide bonds. The van der Waals surface area contributed by atoms with Crippen molar-refractivity contribution in [1.82, 2.24) is 26.6 Å². The lowest BCUT2D eigenvalue weighted by molar-refractivity contribution is -0.143. The second-order valence-corrected chi connectivity index (χ2v) is 14.1. The van der Waals surface area contributed by atoms with Gasteiger partial charge >= 0.3 is 18.0 Å². The number of nitrogens with one attached hydrogen (secondary N) is 5. The number of carboxylic acid groups (broad SMARTS) is 2. The fourth-order valence-corrected chi connectivity index (χ4v) is 6.03. The standard InChI is InChI=1S/C43H53N5O12/c1-3-10-35(42(56)57)47-43(58)48-38(60-27-49)15-7-8-20-44-40(53)36(23-29-12-5-4-6-13-29)46-37(51)26-59-34-18-16-30(17-19-34)22-32(41(54)55)24-33(50)25-45-39(52)31-14-9-11-28(2)21-31/h4-6,9,11-14,16-19,21,27,32,35-36,38H,3,7-8,10,15,20,22-26H2,1-2H3,(H,44,53)(H,45,52)(H,46,51)(H,54,55)(H,56,57)(H2,47,48,58)/t32-,35+,36+,38-/m1/s1. The number of carboxylic acids is 2. The molecule has 17 nitrogen and oxygen atoms in total. The summed E-state index contributed by atoms with van der Waals surface area (Å²) in [6.45, 7) is 3.25. The van der Waals surface area contributed by atoms with Crippen molar-refractivity contribution in [3.05, 3.63) is 101 Å². The maximum Gasteiger partial charge on any atom is 0.326 e. The van der Waals surface area contributed by atoms with Crippen molar-refractivity contribution in [2.75, 3.05) is 19.7 Å². The van der Waals surface area contributed by atoms with Crippen molar-refractivity contribution in [1.29, 1.82) is 0 Å². The van der Waals surface area contributed by atoms with Gasteiger partial charge in [-0.2, -0.15) is 0 Å². The Bertz CT molecular complexity index is 1910. The van der Waals surface area contributed by atoms with Crippen LogP contribution in [0.5, 0.6) is 5.75 Å². The number of urea groups is 1. The Morgan fingerprint density at radius 2 is 1.47 bits per heavy atom. The molecular weight excluding hydrogens is 778 g/mol. The summed E-state index contributed by atoms with van der Waals surface area (Å²) in [4.78, 5) is 97.8. The summed E-state index contributed by atoms with van der Waals surface area (Å²) in [5.74, 6) is -4.96. The third-order valence-corrected chi connectivity index (χ3v) is 9.14. The Morgan fingerprint density at radius 1 is 0.750 bits per heavy atom. The third-order valence-electron chi connectivity index (χ3n) is 9.14. The largest absolute Gasteiger partial charge is 0.484 e. The number of ketones is 1. The van der Waals surface area contributed by atoms with E-state index in [4.69, 9.17) is 9.47 Å². The van der Waals surface area contributed by atoms with Crippen LogP contribution in [0.1, 0.15) is 72.5 Å². The molecule has 3 aromatic rings. The van der Waals surface area contributed by atoms with E-state index in [1.165, 1.54) is 0 Å². The first kappa shape index (κ1) is 47.6. The zero-order valence-corrected chi connectivity index (χ0v) is 33.6. The van der Waals surface area contributed by atoms with Crippen LogP contribution in [0.15, 0.2) is 78.9 Å². The van der Waals surface area contributed by atoms with Crippen molar-refractivity contribution < 1.29 is 58.0 Å². The number of hydrogen-bond acceptors (Lipinski definition) is 10. The van der Waals surface area contributed by atoms with Gasteiger partial charge in [-0.3, -0.25) is 28.8 Å². The van der Waals surface area contributed by atoms with Gasteiger partial charge in [0, 0.05) is 31.4 Å². The van der Waals surface area contributed by atoms with Gasteiger partial charge in [-0.15, -0.1) is 0 Å². The smallest absolute Gasteiger partial charge is 0.326 e. The second-order valence-electron chi connectivity index (χ2n) is 14.1. The molecule has 0 fully saturated rings. The minimum atomic E-state index is -1.19. The van der Waals surface area contributed by atoms with E-state index >= 15 is 0 Å². The van der Waals surface area contributed by atoms with Crippen LogP contribution in [0.4, 0.5) is 4.79 Å². The number of benzene rings is 3. The van der Waals surface area contributed by atoms with E-state index < -0.39 is 72.3 Å². The molecule has 0 bridgehead atoms. The maximum atomic E-state index is 13.3. The topological polar surface area (TPSA) is 256 Å². The van der Waals surface area contributed by atoms with E-state index in [0.29, 0.717) is 36.1 Å². The Balaban J connectivity index is 1.47. The van der Waals surface area contributed by atoms with E-state index in [2.05, 4.69) is 26.6 Å². The quantitative estimate of drug-likeness (QED) is 0.0333. The van der Waals surface area contributed by atoms with Crippen LogP contribution in [0.3, 0.4) is 0 Å². The normalized spacial score (nSPS) is 12.6. The van der Waals surface area contributed by atoms with Crippen LogP contribution in [0.2, 0.25) is 0 Å². The monoisotopic (exact) mass is 831 g/mol. The third kappa shape index (κ3) is 17.8. The van der Waals surface area contributed by atoms with E-state index in [1.807, 2.05) is 31.2 Å². The highest BCUT2D eigenvalue weighted by Gasteiger charge is 2.24. The summed E-state index contributed by atoms with van der Waals surface area (Å²) in [7, 11) is 0. The molecule has 60 heavy (non-hydrogen) atoms. The minimum absolute atomic E-state index is 0.0409. The molecule has 0 saturated heterocycles. The van der Waals surface area contributed by atoms with Gasteiger partial charge in [0.05, 0.1) is 12.5 Å². The second kappa shape index (κ2) is 25.6. The number of Topliss-reactive ketones (excluding diaryl/α,β-unsaturated/α-hetero) is 1. The number of aryl methyl sites for hydroxylation is 1. The Hall–Kier alpha value is -6.78. The lowest BCUT2D eigenvalue weighted by Gasteiger charge is -2.20. The number of aliphatic carboxylic acids is 2. The van der Waals surface area contributed by atoms with Crippen molar-refractivity contribution in [2.24, 2.45) is 5.92 Å². The number of rotatable bonds is 27. The van der Waals surface area contributed by atoms with E-state index in [1.54, 1.807) is 61.5 Å². The van der Waals surface area contributed by atoms with Gasteiger partial charge in [-0.05, 0) is 68.0 Å². The molecule has 0 spiro atoms. The highest BCUT2D eigenvalue weighted by atomic mass is 16.5. The fourth-order valence-electron chi connectivity index (χ4n) is 6.03. The van der Waals surface area contributed by atoms with Gasteiger partial charge in [0.2, 0.25) is 5.91 Å². The molecule has 0 radical (unpaired) electrons. The zero-order chi connectivity index (χ0) is 43.9. The molecule has 7 N–H and O–H groups in total. The van der Waals surface area contributed by atoms with Gasteiger partial charge in [0.25, 0.3) is 18.3 Å². The lowest BCUT2D eigenvalue weighted by atomic mass is 9.94. The number of carbonyl (C=O) groups excluding carboxylic acids is 6. The molecule has 0 heterocycles. The molecule has 0 aliphatic heterocycles. The average molecular weight is 832 g/mol. The van der Waals surface area contributed by atoms with Crippen LogP contribution in [0, 0.1) is 12.8 Å². The van der Waals surface area contributed by atoms with Gasteiger partial charge in [-0.1, -0.05) is 73.5 Å². The van der Waals surface area contributed by atoms with Gasteiger partial charge in [-0.25, -0.2) is 9.59 Å². The van der Waals surface area contributed by atoms with Gasteiger partial charge in [0.1, 0.15) is 17.8 Å². The fraction of sp³-hybridized carbons (Fsp3) is 0.395. The first-order valence-corrected chi connectivity index (χ1v) is 19.6. The van der Waals surface area contributed by atoms with Crippen LogP contribution in [0.25, 0.3) is 0 Å². The Kier molecular flexibility index (Phi) is 20.3. The van der Waals surface area contributed by atoms with Gasteiger partial charge < -0.3 is 46.3 Å². The molecule has 0 saturated carbocycles. The predicted octanol–water partition coefficient (Wildman–Crippen LogP) is 3.07. The molecule has 0 aliphatic rings. The molecule has 17 heteroatoms. The maximum absolute atomic E-state index is 13.3. The van der Waals surface area contributed by atoms with Crippen molar-refractivity contribution in [3.63, 3.8) is 0 Å². The highest BCUT2D eigenvalue weighted by Crippen LogP contribution is 2.18. The van der Waals surface area contributed by atoms with Crippen molar-refractivity contribution in [2.45, 2.75) is 83.5 Å². The first-order chi connectivity index (χ1) is 28.8. The summed E-state index contributed by atoms with van der Waals surface area (Å²) in [6.07, 6.45) is 0.680. The molecule has 0 aliphatic carbocycles. The average Bonchev–Trinajstić information content (AvgIpc) is 3.22. The number of unbranched alkanes of at least 4 members (excludes halogenated alkanes) is 1. The molecule has 322 valence electrons. The summed E-state index contributed by atoms with van der Waals surface area (Å²) < 4.78 is 10.6. The molecule has 0 unspecified atom stereocenters. The molecular formula is C43H53N5O12. The molecule has 3 aromatic carbocycles. The molecule has 0 aromatic heterocycles. The lowest BCUT2D eigenvalue weighted by Crippen LogP contribution is -2.50. The summed E-state index contributed by atoms with van der Waals surface area (Å²) >= 11 is 0. The SMILES string of the molecule is CCC[C@H](NC(=O)N[C@@H](CCCCNC(=O)[C@H](Cc1ccccc1)NC(=O)COc1ccc(C[C@H](CC(=O)CNC(=O)c2cccc(C)c2)C(=O)O)cc1)OC=O)C(=O)O. The minimum Gasteiger partial charge on any atom is -0.484 e. The highest BCUT2D eigenvalue weighted by molar-refractivity contribution is 5.97. The number of carbonyl (C=O) groups is 8. The van der Waals surface area contributed by atoms with Gasteiger partial charge in [0.15, 0.2) is 18.6 Å². The van der Waals surface area contributed by atoms with E-state index in [0.717, 1.165) is 11.1 Å². The zero-order valence-electron chi connectivity index (χ0n) is 33.6.